The Balaban J connectivity index is 3.40. The fourth-order valence-corrected chi connectivity index (χ4v) is 0.550. The summed E-state index contributed by atoms with van der Waals surface area (Å²) >= 11 is 0. The van der Waals surface area contributed by atoms with Gasteiger partial charge in [-0.3, -0.25) is 0 Å². The molecule has 0 aliphatic heterocycles. The van der Waals surface area contributed by atoms with E-state index in [2.05, 4.69) is 6.58 Å². The molecular weight excluding hydrogens is 129 g/mol. The lowest BCUT2D eigenvalue weighted by Crippen LogP contribution is -2.08. The van der Waals surface area contributed by atoms with Crippen LogP contribution in [-0.2, 0) is 4.57 Å². The summed E-state index contributed by atoms with van der Waals surface area (Å²) in [6, 6.07) is 0. The van der Waals surface area contributed by atoms with Gasteiger partial charge in [-0.15, -0.1) is 6.58 Å². The highest BCUT2D eigenvalue weighted by molar-refractivity contribution is 7.49. The van der Waals surface area contributed by atoms with E-state index in [1.807, 2.05) is 5.09 Å². The van der Waals surface area contributed by atoms with Crippen molar-refractivity contribution in [2.45, 2.75) is 0 Å². The number of nitrogens with one attached hydrogen (secondary N) is 1. The Morgan fingerprint density at radius 2 is 2.25 bits per heavy atom. The first kappa shape index (κ1) is 7.85. The third-order valence-corrected chi connectivity index (χ3v) is 1.04. The van der Waals surface area contributed by atoms with Crippen LogP contribution in [0.5, 0.6) is 0 Å². The second kappa shape index (κ2) is 2.99. The zero-order chi connectivity index (χ0) is 6.62. The molecule has 0 rings (SSSR count). The van der Waals surface area contributed by atoms with Gasteiger partial charge in [0.2, 0.25) is 0 Å². The maximum atomic E-state index is 9.93. The van der Waals surface area contributed by atoms with Crippen LogP contribution in [-0.4, -0.2) is 16.3 Å². The predicted octanol–water partition coefficient (Wildman–Crippen LogP) is -0.145. The van der Waals surface area contributed by atoms with Gasteiger partial charge in [0.15, 0.2) is 0 Å². The minimum Gasteiger partial charge on any atom is -0.313 e. The SMILES string of the molecule is C=CCNP(=O)(O)O. The molecule has 0 bridgehead atoms. The molecule has 0 aromatic rings. The number of hydrogen-bond donors (Lipinski definition) is 3. The quantitative estimate of drug-likeness (QED) is 0.374. The molecule has 0 aliphatic carbocycles. The van der Waals surface area contributed by atoms with E-state index in [0.717, 1.165) is 0 Å². The van der Waals surface area contributed by atoms with Crippen molar-refractivity contribution < 1.29 is 14.4 Å². The lowest BCUT2D eigenvalue weighted by Gasteiger charge is -2.00. The Bertz CT molecular complexity index is 118. The van der Waals surface area contributed by atoms with Crippen molar-refractivity contribution in [1.29, 1.82) is 0 Å². The summed E-state index contributed by atoms with van der Waals surface area (Å²) in [6.45, 7) is 3.39. The molecule has 0 heterocycles. The zero-order valence-corrected chi connectivity index (χ0v) is 5.14. The summed E-state index contributed by atoms with van der Waals surface area (Å²) in [4.78, 5) is 16.2. The van der Waals surface area contributed by atoms with E-state index in [0.29, 0.717) is 0 Å². The molecule has 0 atom stereocenters. The maximum Gasteiger partial charge on any atom is 0.400 e. The van der Waals surface area contributed by atoms with Crippen LogP contribution in [0.15, 0.2) is 12.7 Å². The van der Waals surface area contributed by atoms with Crippen LogP contribution in [0.25, 0.3) is 0 Å². The van der Waals surface area contributed by atoms with Gasteiger partial charge in [-0.05, 0) is 0 Å². The van der Waals surface area contributed by atoms with Crippen molar-refractivity contribution in [2.24, 2.45) is 0 Å². The molecule has 3 N–H and O–H groups in total. The van der Waals surface area contributed by atoms with Gasteiger partial charge in [0.1, 0.15) is 0 Å². The van der Waals surface area contributed by atoms with E-state index in [4.69, 9.17) is 9.79 Å². The average molecular weight is 137 g/mol. The van der Waals surface area contributed by atoms with Crippen LogP contribution in [0.2, 0.25) is 0 Å². The molecule has 48 valence electrons. The molecule has 0 saturated carbocycles. The second-order valence-corrected chi connectivity index (χ2v) is 2.60. The van der Waals surface area contributed by atoms with E-state index in [1.54, 1.807) is 0 Å². The topological polar surface area (TPSA) is 69.6 Å². The summed E-state index contributed by atoms with van der Waals surface area (Å²) in [5, 5.41) is 1.92. The van der Waals surface area contributed by atoms with Crippen molar-refractivity contribution in [2.75, 3.05) is 6.54 Å². The minimum atomic E-state index is -4.00. The largest absolute Gasteiger partial charge is 0.400 e. The molecular formula is C3H8NO3P. The van der Waals surface area contributed by atoms with Gasteiger partial charge in [-0.2, -0.15) is 0 Å². The first-order valence-electron chi connectivity index (χ1n) is 1.98. The average Bonchev–Trinajstić information content (AvgIpc) is 1.59. The highest BCUT2D eigenvalue weighted by atomic mass is 31.2. The Hall–Kier alpha value is -0.150. The summed E-state index contributed by atoms with van der Waals surface area (Å²) in [6.07, 6.45) is 1.37. The molecule has 0 radical (unpaired) electrons. The molecule has 0 amide bonds. The van der Waals surface area contributed by atoms with Crippen LogP contribution in [0.1, 0.15) is 0 Å². The fourth-order valence-electron chi connectivity index (χ4n) is 0.183. The van der Waals surface area contributed by atoms with E-state index < -0.39 is 7.75 Å². The molecule has 4 nitrogen and oxygen atoms in total. The van der Waals surface area contributed by atoms with Crippen LogP contribution >= 0.6 is 7.75 Å². The first-order chi connectivity index (χ1) is 3.56. The smallest absolute Gasteiger partial charge is 0.313 e. The highest BCUT2D eigenvalue weighted by Gasteiger charge is 2.07. The number of rotatable bonds is 3. The van der Waals surface area contributed by atoms with Crippen LogP contribution in [0.3, 0.4) is 0 Å². The van der Waals surface area contributed by atoms with E-state index in [1.165, 1.54) is 6.08 Å². The predicted molar refractivity (Wildman–Crippen MR) is 30.2 cm³/mol. The van der Waals surface area contributed by atoms with Crippen LogP contribution in [0.4, 0.5) is 0 Å². The van der Waals surface area contributed by atoms with Gasteiger partial charge < -0.3 is 9.79 Å². The molecule has 0 unspecified atom stereocenters. The summed E-state index contributed by atoms with van der Waals surface area (Å²) in [5.74, 6) is 0. The van der Waals surface area contributed by atoms with Crippen LogP contribution < -0.4 is 5.09 Å². The maximum absolute atomic E-state index is 9.93. The van der Waals surface area contributed by atoms with Crippen LogP contribution in [0, 0.1) is 0 Å². The van der Waals surface area contributed by atoms with Gasteiger partial charge in [0.05, 0.1) is 0 Å². The highest BCUT2D eigenvalue weighted by Crippen LogP contribution is 2.26. The molecule has 0 aliphatic rings. The molecule has 8 heavy (non-hydrogen) atoms. The summed E-state index contributed by atoms with van der Waals surface area (Å²) < 4.78 is 9.93. The van der Waals surface area contributed by atoms with Gasteiger partial charge in [0.25, 0.3) is 0 Å². The molecule has 0 aromatic carbocycles. The van der Waals surface area contributed by atoms with E-state index in [-0.39, 0.29) is 6.54 Å². The lowest BCUT2D eigenvalue weighted by atomic mass is 10.7. The standard InChI is InChI=1S/C3H8NO3P/c1-2-3-4-8(5,6)7/h2H,1,3H2,(H3,4,5,6,7). The lowest BCUT2D eigenvalue weighted by molar-refractivity contribution is 0.360. The molecule has 0 fully saturated rings. The number of hydrogen-bond acceptors (Lipinski definition) is 1. The Morgan fingerprint density at radius 3 is 2.38 bits per heavy atom. The van der Waals surface area contributed by atoms with Gasteiger partial charge in [0, 0.05) is 6.54 Å². The zero-order valence-electron chi connectivity index (χ0n) is 4.24. The third kappa shape index (κ3) is 5.85. The fraction of sp³-hybridized carbons (Fsp3) is 0.333. The first-order valence-corrected chi connectivity index (χ1v) is 3.59. The summed E-state index contributed by atoms with van der Waals surface area (Å²) in [7, 11) is -4.00. The molecule has 5 heteroatoms. The summed E-state index contributed by atoms with van der Waals surface area (Å²) in [5.41, 5.74) is 0. The van der Waals surface area contributed by atoms with Gasteiger partial charge >= 0.3 is 7.75 Å². The Morgan fingerprint density at radius 1 is 1.75 bits per heavy atom. The Labute approximate surface area is 47.4 Å². The van der Waals surface area contributed by atoms with Crippen molar-refractivity contribution in [1.82, 2.24) is 5.09 Å². The van der Waals surface area contributed by atoms with Crippen molar-refractivity contribution in [3.8, 4) is 0 Å². The molecule has 0 spiro atoms. The third-order valence-electron chi connectivity index (χ3n) is 0.442. The Kier molecular flexibility index (Phi) is 2.94. The monoisotopic (exact) mass is 137 g/mol. The second-order valence-electron chi connectivity index (χ2n) is 1.19. The van der Waals surface area contributed by atoms with Crippen molar-refractivity contribution in [3.05, 3.63) is 12.7 Å². The van der Waals surface area contributed by atoms with E-state index >= 15 is 0 Å². The minimum absolute atomic E-state index is 0.129. The molecule has 0 saturated heterocycles. The van der Waals surface area contributed by atoms with Gasteiger partial charge in [-0.25, -0.2) is 9.65 Å². The van der Waals surface area contributed by atoms with Crippen molar-refractivity contribution >= 4 is 7.75 Å². The molecule has 0 aromatic heterocycles. The van der Waals surface area contributed by atoms with Crippen molar-refractivity contribution in [3.63, 3.8) is 0 Å². The van der Waals surface area contributed by atoms with Gasteiger partial charge in [-0.1, -0.05) is 6.08 Å². The van der Waals surface area contributed by atoms with E-state index in [9.17, 15) is 4.57 Å². The normalized spacial score (nSPS) is 11.2.